The van der Waals surface area contributed by atoms with Gasteiger partial charge in [0.05, 0.1) is 12.1 Å². The smallest absolute Gasteiger partial charge is 0.187 e. The van der Waals surface area contributed by atoms with Crippen LogP contribution in [0.5, 0.6) is 0 Å². The molecule has 4 nitrogen and oxygen atoms in total. The average molecular weight is 399 g/mol. The molecule has 0 aliphatic carbocycles. The van der Waals surface area contributed by atoms with Crippen molar-refractivity contribution in [1.29, 1.82) is 0 Å². The molecule has 0 amide bonds. The lowest BCUT2D eigenvalue weighted by Gasteiger charge is -2.04. The summed E-state index contributed by atoms with van der Waals surface area (Å²) in [6.07, 6.45) is 4.32. The normalized spacial score (nSPS) is 27.7. The molecule has 0 N–H and O–H groups in total. The molecule has 4 aliphatic rings. The van der Waals surface area contributed by atoms with Crippen LogP contribution >= 0.6 is 0 Å². The summed E-state index contributed by atoms with van der Waals surface area (Å²) in [6, 6.07) is 20.2. The maximum absolute atomic E-state index is 12.1. The monoisotopic (exact) mass is 398 g/mol. The van der Waals surface area contributed by atoms with E-state index in [1.54, 1.807) is 0 Å². The molecule has 0 radical (unpaired) electrons. The van der Waals surface area contributed by atoms with Crippen molar-refractivity contribution in [2.24, 2.45) is 0 Å². The second kappa shape index (κ2) is 7.28. The van der Waals surface area contributed by atoms with Crippen molar-refractivity contribution in [2.45, 2.75) is 49.9 Å². The predicted octanol–water partition coefficient (Wildman–Crippen LogP) is 4.46. The summed E-state index contributed by atoms with van der Waals surface area (Å²) >= 11 is 0. The SMILES string of the molecule is C=C1CC[C@@H]2[C@@H](C(=O)c3ccccc3)N12.C=C1CC[C@@H]2[C@@H](C(=O)c3ccccc3)N12. The van der Waals surface area contributed by atoms with Gasteiger partial charge in [0.15, 0.2) is 11.6 Å². The van der Waals surface area contributed by atoms with Crippen molar-refractivity contribution in [3.8, 4) is 0 Å². The van der Waals surface area contributed by atoms with Gasteiger partial charge in [-0.05, 0) is 25.7 Å². The second-order valence-electron chi connectivity index (χ2n) is 8.51. The van der Waals surface area contributed by atoms with Crippen LogP contribution in [0.15, 0.2) is 85.2 Å². The van der Waals surface area contributed by atoms with Crippen molar-refractivity contribution in [1.82, 2.24) is 9.80 Å². The molecule has 0 bridgehead atoms. The highest BCUT2D eigenvalue weighted by Crippen LogP contribution is 2.46. The molecule has 0 spiro atoms. The molecule has 30 heavy (non-hydrogen) atoms. The van der Waals surface area contributed by atoms with E-state index in [2.05, 4.69) is 23.0 Å². The minimum Gasteiger partial charge on any atom is -0.357 e. The molecule has 4 atom stereocenters. The summed E-state index contributed by atoms with van der Waals surface area (Å²) in [5.41, 5.74) is 3.91. The summed E-state index contributed by atoms with van der Waals surface area (Å²) in [6.45, 7) is 7.95. The van der Waals surface area contributed by atoms with Gasteiger partial charge in [-0.1, -0.05) is 73.8 Å². The van der Waals surface area contributed by atoms with Crippen molar-refractivity contribution in [3.05, 3.63) is 96.3 Å². The summed E-state index contributed by atoms with van der Waals surface area (Å²) in [5.74, 6) is 0.503. The number of rotatable bonds is 4. The van der Waals surface area contributed by atoms with Crippen LogP contribution < -0.4 is 0 Å². The fraction of sp³-hybridized carbons (Fsp3) is 0.308. The number of carbonyl (C=O) groups is 2. The number of hydrogen-bond acceptors (Lipinski definition) is 4. The molecule has 152 valence electrons. The fourth-order valence-corrected chi connectivity index (χ4v) is 5.05. The Morgan fingerprint density at radius 2 is 1.03 bits per heavy atom. The Labute approximate surface area is 177 Å². The highest BCUT2D eigenvalue weighted by atomic mass is 16.1. The minimum atomic E-state index is 0.0913. The van der Waals surface area contributed by atoms with E-state index in [9.17, 15) is 9.59 Å². The first-order valence-corrected chi connectivity index (χ1v) is 10.7. The van der Waals surface area contributed by atoms with Crippen LogP contribution in [-0.4, -0.2) is 45.5 Å². The minimum absolute atomic E-state index is 0.0913. The zero-order valence-electron chi connectivity index (χ0n) is 17.0. The van der Waals surface area contributed by atoms with Crippen molar-refractivity contribution < 1.29 is 9.59 Å². The van der Waals surface area contributed by atoms with E-state index in [-0.39, 0.29) is 23.7 Å². The molecule has 0 unspecified atom stereocenters. The summed E-state index contributed by atoms with van der Waals surface area (Å²) in [5, 5.41) is 0. The van der Waals surface area contributed by atoms with Crippen LogP contribution in [0.2, 0.25) is 0 Å². The van der Waals surface area contributed by atoms with E-state index in [1.165, 1.54) is 0 Å². The van der Waals surface area contributed by atoms with Gasteiger partial charge in [-0.2, -0.15) is 0 Å². The molecule has 4 saturated heterocycles. The molecule has 0 aromatic heterocycles. The average Bonchev–Trinajstić information content (AvgIpc) is 3.62. The third-order valence-electron chi connectivity index (χ3n) is 6.70. The highest BCUT2D eigenvalue weighted by molar-refractivity contribution is 6.03. The number of allylic oxidation sites excluding steroid dienone is 2. The topological polar surface area (TPSA) is 40.2 Å². The van der Waals surface area contributed by atoms with Gasteiger partial charge in [-0.3, -0.25) is 9.59 Å². The molecule has 6 rings (SSSR count). The van der Waals surface area contributed by atoms with Crippen LogP contribution in [0.25, 0.3) is 0 Å². The lowest BCUT2D eigenvalue weighted by molar-refractivity contribution is 0.0968. The maximum Gasteiger partial charge on any atom is 0.187 e. The van der Waals surface area contributed by atoms with Gasteiger partial charge in [0, 0.05) is 22.5 Å². The number of nitrogens with zero attached hydrogens (tertiary/aromatic N) is 2. The predicted molar refractivity (Wildman–Crippen MR) is 117 cm³/mol. The molecular weight excluding hydrogens is 372 g/mol. The molecular formula is C26H26N2O2. The van der Waals surface area contributed by atoms with E-state index in [4.69, 9.17) is 0 Å². The maximum atomic E-state index is 12.1. The zero-order valence-corrected chi connectivity index (χ0v) is 17.0. The largest absolute Gasteiger partial charge is 0.357 e. The van der Waals surface area contributed by atoms with Crippen molar-refractivity contribution in [3.63, 3.8) is 0 Å². The van der Waals surface area contributed by atoms with Crippen LogP contribution in [-0.2, 0) is 0 Å². The number of carbonyl (C=O) groups excluding carboxylic acids is 2. The third-order valence-corrected chi connectivity index (χ3v) is 6.70. The number of piperidine rings is 2. The van der Waals surface area contributed by atoms with Crippen LogP contribution in [0.4, 0.5) is 0 Å². The summed E-state index contributed by atoms with van der Waals surface area (Å²) < 4.78 is 0. The van der Waals surface area contributed by atoms with Gasteiger partial charge in [0.25, 0.3) is 0 Å². The second-order valence-corrected chi connectivity index (χ2v) is 8.51. The quantitative estimate of drug-likeness (QED) is 0.563. The number of hydrogen-bond donors (Lipinski definition) is 0. The molecule has 4 aliphatic heterocycles. The summed E-state index contributed by atoms with van der Waals surface area (Å²) in [4.78, 5) is 28.5. The standard InChI is InChI=1S/2C13H13NO/c2*1-9-7-8-11-12(14(9)11)13(15)10-5-3-2-4-6-10/h2*2-6,11-12H,1,7-8H2/t2*11-,12+,14?/m11/s1. The molecule has 0 saturated carbocycles. The third kappa shape index (κ3) is 3.17. The van der Waals surface area contributed by atoms with Gasteiger partial charge in [0.2, 0.25) is 0 Å². The van der Waals surface area contributed by atoms with Crippen molar-refractivity contribution in [2.75, 3.05) is 0 Å². The zero-order chi connectivity index (χ0) is 20.8. The number of ketones is 2. The molecule has 4 fully saturated rings. The first kappa shape index (κ1) is 18.9. The van der Waals surface area contributed by atoms with E-state index < -0.39 is 0 Å². The highest BCUT2D eigenvalue weighted by Gasteiger charge is 2.56. The Kier molecular flexibility index (Phi) is 4.58. The van der Waals surface area contributed by atoms with Gasteiger partial charge in [-0.25, -0.2) is 0 Å². The molecule has 4 heteroatoms. The first-order valence-electron chi connectivity index (χ1n) is 10.7. The van der Waals surface area contributed by atoms with Crippen molar-refractivity contribution >= 4 is 11.6 Å². The van der Waals surface area contributed by atoms with Crippen LogP contribution in [0, 0.1) is 0 Å². The Morgan fingerprint density at radius 3 is 1.33 bits per heavy atom. The van der Waals surface area contributed by atoms with Gasteiger partial charge >= 0.3 is 0 Å². The summed E-state index contributed by atoms with van der Waals surface area (Å²) in [7, 11) is 0. The molecule has 2 aromatic rings. The van der Waals surface area contributed by atoms with Crippen LogP contribution in [0.3, 0.4) is 0 Å². The Hall–Kier alpha value is -3.14. The Morgan fingerprint density at radius 1 is 0.667 bits per heavy atom. The fourth-order valence-electron chi connectivity index (χ4n) is 5.05. The van der Waals surface area contributed by atoms with Crippen LogP contribution in [0.1, 0.15) is 46.4 Å². The van der Waals surface area contributed by atoms with Gasteiger partial charge in [0.1, 0.15) is 12.1 Å². The number of benzene rings is 2. The lowest BCUT2D eigenvalue weighted by atomic mass is 10.0. The van der Waals surface area contributed by atoms with E-state index in [1.807, 2.05) is 60.7 Å². The first-order chi connectivity index (χ1) is 14.6. The van der Waals surface area contributed by atoms with Gasteiger partial charge in [-0.15, -0.1) is 0 Å². The van der Waals surface area contributed by atoms with E-state index >= 15 is 0 Å². The van der Waals surface area contributed by atoms with E-state index in [0.29, 0.717) is 12.1 Å². The van der Waals surface area contributed by atoms with E-state index in [0.717, 1.165) is 48.2 Å². The van der Waals surface area contributed by atoms with Gasteiger partial charge < -0.3 is 9.80 Å². The lowest BCUT2D eigenvalue weighted by Crippen LogP contribution is -2.14. The Balaban J connectivity index is 0.000000128. The molecule has 2 aromatic carbocycles. The Bertz CT molecular complexity index is 930. The number of Topliss-reactive ketones (excluding diaryl/α,β-unsaturated/α-hetero) is 2. The number of fused-ring (bicyclic) bond motifs is 2. The molecule has 4 heterocycles.